The Morgan fingerprint density at radius 1 is 1.35 bits per heavy atom. The predicted molar refractivity (Wildman–Crippen MR) is 78.4 cm³/mol. The fourth-order valence-corrected chi connectivity index (χ4v) is 1.65. The monoisotopic (exact) mass is 280 g/mol. The smallest absolute Gasteiger partial charge is 0.222 e. The first-order chi connectivity index (χ1) is 9.49. The highest BCUT2D eigenvalue weighted by molar-refractivity contribution is 5.77. The van der Waals surface area contributed by atoms with E-state index in [9.17, 15) is 9.90 Å². The molecule has 1 aromatic rings. The largest absolute Gasteiger partial charge is 0.491 e. The Morgan fingerprint density at radius 3 is 2.60 bits per heavy atom. The van der Waals surface area contributed by atoms with Crippen LogP contribution in [0.15, 0.2) is 30.3 Å². The maximum atomic E-state index is 11.4. The van der Waals surface area contributed by atoms with Crippen LogP contribution in [0.25, 0.3) is 0 Å². The highest BCUT2D eigenvalue weighted by Crippen LogP contribution is 2.09. The summed E-state index contributed by atoms with van der Waals surface area (Å²) < 4.78 is 5.44. The van der Waals surface area contributed by atoms with Crippen molar-refractivity contribution in [2.24, 2.45) is 11.7 Å². The van der Waals surface area contributed by atoms with E-state index in [4.69, 9.17) is 10.5 Å². The number of carbonyl (C=O) groups is 1. The van der Waals surface area contributed by atoms with Crippen LogP contribution in [0, 0.1) is 5.92 Å². The van der Waals surface area contributed by atoms with E-state index in [-0.39, 0.29) is 24.5 Å². The van der Waals surface area contributed by atoms with Crippen LogP contribution in [0.3, 0.4) is 0 Å². The molecular formula is C15H24N2O3. The van der Waals surface area contributed by atoms with Crippen LogP contribution in [0.2, 0.25) is 0 Å². The SMILES string of the molecule is CC(C)C(=O)NCC(N)CC(O)COc1ccccc1. The fourth-order valence-electron chi connectivity index (χ4n) is 1.65. The molecule has 5 heteroatoms. The first-order valence-corrected chi connectivity index (χ1v) is 6.88. The minimum Gasteiger partial charge on any atom is -0.491 e. The van der Waals surface area contributed by atoms with Gasteiger partial charge < -0.3 is 20.9 Å². The van der Waals surface area contributed by atoms with Crippen molar-refractivity contribution >= 4 is 5.91 Å². The molecule has 0 spiro atoms. The Bertz CT molecular complexity index is 395. The summed E-state index contributed by atoms with van der Waals surface area (Å²) >= 11 is 0. The highest BCUT2D eigenvalue weighted by atomic mass is 16.5. The van der Waals surface area contributed by atoms with Gasteiger partial charge in [-0.3, -0.25) is 4.79 Å². The lowest BCUT2D eigenvalue weighted by Crippen LogP contribution is -2.41. The van der Waals surface area contributed by atoms with E-state index in [1.807, 2.05) is 44.2 Å². The van der Waals surface area contributed by atoms with Crippen molar-refractivity contribution in [1.82, 2.24) is 5.32 Å². The van der Waals surface area contributed by atoms with E-state index in [2.05, 4.69) is 5.32 Å². The maximum Gasteiger partial charge on any atom is 0.222 e. The normalized spacial score (nSPS) is 13.8. The average Bonchev–Trinajstić information content (AvgIpc) is 2.43. The van der Waals surface area contributed by atoms with Gasteiger partial charge in [0.25, 0.3) is 0 Å². The van der Waals surface area contributed by atoms with Gasteiger partial charge >= 0.3 is 0 Å². The third-order valence-electron chi connectivity index (χ3n) is 2.82. The van der Waals surface area contributed by atoms with Gasteiger partial charge in [-0.05, 0) is 18.6 Å². The number of amides is 1. The number of para-hydroxylation sites is 1. The van der Waals surface area contributed by atoms with Crippen molar-refractivity contribution in [3.8, 4) is 5.75 Å². The van der Waals surface area contributed by atoms with Gasteiger partial charge in [0, 0.05) is 18.5 Å². The molecule has 1 aromatic carbocycles. The second-order valence-corrected chi connectivity index (χ2v) is 5.17. The molecule has 2 atom stereocenters. The molecule has 0 bridgehead atoms. The number of nitrogens with two attached hydrogens (primary N) is 1. The lowest BCUT2D eigenvalue weighted by molar-refractivity contribution is -0.124. The number of nitrogens with one attached hydrogen (secondary N) is 1. The summed E-state index contributed by atoms with van der Waals surface area (Å²) in [6, 6.07) is 9.01. The Labute approximate surface area is 120 Å². The summed E-state index contributed by atoms with van der Waals surface area (Å²) in [6.07, 6.45) is -0.272. The molecule has 0 aliphatic heterocycles. The van der Waals surface area contributed by atoms with Gasteiger partial charge in [0.2, 0.25) is 5.91 Å². The van der Waals surface area contributed by atoms with Crippen molar-refractivity contribution in [3.63, 3.8) is 0 Å². The van der Waals surface area contributed by atoms with Crippen LogP contribution in [-0.2, 0) is 4.79 Å². The van der Waals surface area contributed by atoms with Crippen molar-refractivity contribution in [2.45, 2.75) is 32.4 Å². The summed E-state index contributed by atoms with van der Waals surface area (Å²) in [7, 11) is 0. The van der Waals surface area contributed by atoms with Gasteiger partial charge in [-0.1, -0.05) is 32.0 Å². The molecule has 0 aliphatic carbocycles. The van der Waals surface area contributed by atoms with Crippen LogP contribution >= 0.6 is 0 Å². The maximum absolute atomic E-state index is 11.4. The average molecular weight is 280 g/mol. The van der Waals surface area contributed by atoms with Gasteiger partial charge in [0.1, 0.15) is 12.4 Å². The van der Waals surface area contributed by atoms with Gasteiger partial charge in [0.15, 0.2) is 0 Å². The molecule has 0 saturated carbocycles. The van der Waals surface area contributed by atoms with Gasteiger partial charge in [0.05, 0.1) is 6.10 Å². The van der Waals surface area contributed by atoms with E-state index >= 15 is 0 Å². The Balaban J connectivity index is 2.21. The van der Waals surface area contributed by atoms with Crippen LogP contribution in [0.1, 0.15) is 20.3 Å². The van der Waals surface area contributed by atoms with E-state index in [1.165, 1.54) is 0 Å². The molecule has 0 aliphatic rings. The molecule has 0 saturated heterocycles. The lowest BCUT2D eigenvalue weighted by Gasteiger charge is -2.18. The summed E-state index contributed by atoms with van der Waals surface area (Å²) in [4.78, 5) is 11.4. The molecule has 112 valence electrons. The zero-order valence-corrected chi connectivity index (χ0v) is 12.1. The second-order valence-electron chi connectivity index (χ2n) is 5.17. The highest BCUT2D eigenvalue weighted by Gasteiger charge is 2.13. The quantitative estimate of drug-likeness (QED) is 0.661. The molecular weight excluding hydrogens is 256 g/mol. The molecule has 0 heterocycles. The van der Waals surface area contributed by atoms with Gasteiger partial charge in [-0.2, -0.15) is 0 Å². The Kier molecular flexibility index (Phi) is 7.04. The molecule has 1 rings (SSSR count). The molecule has 2 unspecified atom stereocenters. The topological polar surface area (TPSA) is 84.6 Å². The van der Waals surface area contributed by atoms with E-state index in [0.717, 1.165) is 0 Å². The number of aliphatic hydroxyl groups excluding tert-OH is 1. The summed E-state index contributed by atoms with van der Waals surface area (Å²) in [5.41, 5.74) is 5.86. The molecule has 0 aromatic heterocycles. The third kappa shape index (κ3) is 6.54. The molecule has 0 fully saturated rings. The van der Waals surface area contributed by atoms with E-state index < -0.39 is 6.10 Å². The number of benzene rings is 1. The van der Waals surface area contributed by atoms with Crippen molar-refractivity contribution in [3.05, 3.63) is 30.3 Å². The predicted octanol–water partition coefficient (Wildman–Crippen LogP) is 0.916. The molecule has 0 radical (unpaired) electrons. The first-order valence-electron chi connectivity index (χ1n) is 6.88. The second kappa shape index (κ2) is 8.55. The summed E-state index contributed by atoms with van der Waals surface area (Å²) in [5, 5.41) is 12.6. The molecule has 5 nitrogen and oxygen atoms in total. The van der Waals surface area contributed by atoms with E-state index in [1.54, 1.807) is 0 Å². The summed E-state index contributed by atoms with van der Waals surface area (Å²) in [6.45, 7) is 4.20. The summed E-state index contributed by atoms with van der Waals surface area (Å²) in [5.74, 6) is 0.622. The standard InChI is InChI=1S/C15H24N2O3/c1-11(2)15(19)17-9-12(16)8-13(18)10-20-14-6-4-3-5-7-14/h3-7,11-13,18H,8-10,16H2,1-2H3,(H,17,19). The Morgan fingerprint density at radius 2 is 2.00 bits per heavy atom. The minimum absolute atomic E-state index is 0.0320. The Hall–Kier alpha value is -1.59. The first kappa shape index (κ1) is 16.5. The van der Waals surface area contributed by atoms with Crippen LogP contribution in [-0.4, -0.2) is 36.3 Å². The van der Waals surface area contributed by atoms with Crippen LogP contribution < -0.4 is 15.8 Å². The molecule has 20 heavy (non-hydrogen) atoms. The van der Waals surface area contributed by atoms with Crippen LogP contribution in [0.4, 0.5) is 0 Å². The number of rotatable bonds is 8. The van der Waals surface area contributed by atoms with Crippen molar-refractivity contribution < 1.29 is 14.6 Å². The fraction of sp³-hybridized carbons (Fsp3) is 0.533. The molecule has 1 amide bonds. The number of ether oxygens (including phenoxy) is 1. The third-order valence-corrected chi connectivity index (χ3v) is 2.82. The number of carbonyl (C=O) groups excluding carboxylic acids is 1. The molecule has 4 N–H and O–H groups in total. The van der Waals surface area contributed by atoms with Crippen LogP contribution in [0.5, 0.6) is 5.75 Å². The zero-order valence-electron chi connectivity index (χ0n) is 12.1. The minimum atomic E-state index is -0.652. The number of hydrogen-bond acceptors (Lipinski definition) is 4. The number of hydrogen-bond donors (Lipinski definition) is 3. The van der Waals surface area contributed by atoms with Crippen molar-refractivity contribution in [2.75, 3.05) is 13.2 Å². The number of aliphatic hydroxyl groups is 1. The van der Waals surface area contributed by atoms with Gasteiger partial charge in [-0.25, -0.2) is 0 Å². The van der Waals surface area contributed by atoms with Crippen molar-refractivity contribution in [1.29, 1.82) is 0 Å². The lowest BCUT2D eigenvalue weighted by atomic mass is 10.1. The van der Waals surface area contributed by atoms with E-state index in [0.29, 0.717) is 18.7 Å². The van der Waals surface area contributed by atoms with Gasteiger partial charge in [-0.15, -0.1) is 0 Å². The zero-order chi connectivity index (χ0) is 15.0.